The van der Waals surface area contributed by atoms with Gasteiger partial charge in [-0.3, -0.25) is 4.98 Å². The number of anilines is 1. The topological polar surface area (TPSA) is 50.7 Å². The third-order valence-corrected chi connectivity index (χ3v) is 6.49. The first kappa shape index (κ1) is 16.4. The van der Waals surface area contributed by atoms with Crippen LogP contribution in [0, 0.1) is 0 Å². The molecule has 6 heteroatoms. The van der Waals surface area contributed by atoms with E-state index in [1.165, 1.54) is 15.6 Å². The van der Waals surface area contributed by atoms with Crippen molar-refractivity contribution < 1.29 is 0 Å². The van der Waals surface area contributed by atoms with E-state index in [0.29, 0.717) is 0 Å². The lowest BCUT2D eigenvalue weighted by molar-refractivity contribution is 1.01. The Morgan fingerprint density at radius 2 is 1.93 bits per heavy atom. The van der Waals surface area contributed by atoms with Gasteiger partial charge in [-0.25, -0.2) is 0 Å². The summed E-state index contributed by atoms with van der Waals surface area (Å²) in [5.74, 6) is 0. The quantitative estimate of drug-likeness (QED) is 0.424. The first-order valence-electron chi connectivity index (χ1n) is 8.73. The van der Waals surface area contributed by atoms with Crippen LogP contribution in [0.5, 0.6) is 0 Å². The van der Waals surface area contributed by atoms with Crippen LogP contribution in [0.2, 0.25) is 0 Å². The molecule has 3 aromatic heterocycles. The SMILES string of the molecule is c1ccc2c(CCNc3nnc(-c4ccc5cnccc5c4)s3)csc2c1. The van der Waals surface area contributed by atoms with Gasteiger partial charge in [-0.05, 0) is 46.3 Å². The van der Waals surface area contributed by atoms with Crippen molar-refractivity contribution in [2.45, 2.75) is 6.42 Å². The summed E-state index contributed by atoms with van der Waals surface area (Å²) in [5, 5.41) is 19.8. The highest BCUT2D eigenvalue weighted by Crippen LogP contribution is 2.29. The van der Waals surface area contributed by atoms with E-state index in [0.717, 1.165) is 39.4 Å². The summed E-state index contributed by atoms with van der Waals surface area (Å²) in [6, 6.07) is 16.9. The highest BCUT2D eigenvalue weighted by molar-refractivity contribution is 7.18. The van der Waals surface area contributed by atoms with Gasteiger partial charge >= 0.3 is 0 Å². The molecule has 0 atom stereocenters. The zero-order valence-corrected chi connectivity index (χ0v) is 16.1. The summed E-state index contributed by atoms with van der Waals surface area (Å²) in [7, 11) is 0. The van der Waals surface area contributed by atoms with Crippen LogP contribution in [0.3, 0.4) is 0 Å². The summed E-state index contributed by atoms with van der Waals surface area (Å²) in [4.78, 5) is 4.16. The molecule has 0 fully saturated rings. The van der Waals surface area contributed by atoms with Crippen LogP contribution >= 0.6 is 22.7 Å². The average molecular weight is 389 g/mol. The van der Waals surface area contributed by atoms with Gasteiger partial charge in [0.25, 0.3) is 0 Å². The molecule has 27 heavy (non-hydrogen) atoms. The maximum Gasteiger partial charge on any atom is 0.206 e. The number of aromatic nitrogens is 3. The molecule has 5 aromatic rings. The van der Waals surface area contributed by atoms with Crippen LogP contribution in [-0.4, -0.2) is 21.7 Å². The maximum absolute atomic E-state index is 4.35. The second-order valence-electron chi connectivity index (χ2n) is 6.28. The number of thiophene rings is 1. The predicted octanol–water partition coefficient (Wildman–Crippen LogP) is 5.62. The lowest BCUT2D eigenvalue weighted by Crippen LogP contribution is -2.04. The second kappa shape index (κ2) is 7.06. The number of hydrogen-bond donors (Lipinski definition) is 1. The molecule has 1 N–H and O–H groups in total. The molecule has 0 saturated carbocycles. The molecule has 0 spiro atoms. The number of hydrogen-bond acceptors (Lipinski definition) is 6. The fourth-order valence-electron chi connectivity index (χ4n) is 3.16. The number of rotatable bonds is 5. The highest BCUT2D eigenvalue weighted by Gasteiger charge is 2.08. The minimum atomic E-state index is 0.846. The molecule has 132 valence electrons. The Hall–Kier alpha value is -2.83. The lowest BCUT2D eigenvalue weighted by atomic mass is 10.1. The predicted molar refractivity (Wildman–Crippen MR) is 115 cm³/mol. The van der Waals surface area contributed by atoms with Crippen LogP contribution in [0.25, 0.3) is 31.4 Å². The molecule has 0 aliphatic rings. The average Bonchev–Trinajstić information content (AvgIpc) is 3.35. The van der Waals surface area contributed by atoms with Gasteiger partial charge in [0.15, 0.2) is 0 Å². The maximum atomic E-state index is 4.35. The molecule has 0 aliphatic carbocycles. The minimum absolute atomic E-state index is 0.846. The molecule has 0 bridgehead atoms. The molecule has 4 nitrogen and oxygen atoms in total. The van der Waals surface area contributed by atoms with Crippen molar-refractivity contribution in [2.24, 2.45) is 0 Å². The zero-order chi connectivity index (χ0) is 18.1. The smallest absolute Gasteiger partial charge is 0.206 e. The summed E-state index contributed by atoms with van der Waals surface area (Å²) >= 11 is 3.39. The minimum Gasteiger partial charge on any atom is -0.360 e. The Kier molecular flexibility index (Phi) is 4.27. The Morgan fingerprint density at radius 1 is 0.963 bits per heavy atom. The van der Waals surface area contributed by atoms with Crippen LogP contribution in [0.4, 0.5) is 5.13 Å². The molecule has 2 aromatic carbocycles. The third kappa shape index (κ3) is 3.29. The van der Waals surface area contributed by atoms with Gasteiger partial charge in [0.1, 0.15) is 5.01 Å². The van der Waals surface area contributed by atoms with Crippen LogP contribution in [0.15, 0.2) is 66.3 Å². The van der Waals surface area contributed by atoms with E-state index < -0.39 is 0 Å². The van der Waals surface area contributed by atoms with Crippen molar-refractivity contribution in [1.82, 2.24) is 15.2 Å². The van der Waals surface area contributed by atoms with E-state index in [4.69, 9.17) is 0 Å². The fraction of sp³-hybridized carbons (Fsp3) is 0.0952. The van der Waals surface area contributed by atoms with E-state index in [9.17, 15) is 0 Å². The summed E-state index contributed by atoms with van der Waals surface area (Å²) in [6.45, 7) is 0.846. The van der Waals surface area contributed by atoms with E-state index in [2.05, 4.69) is 68.3 Å². The second-order valence-corrected chi connectivity index (χ2v) is 8.17. The third-order valence-electron chi connectivity index (χ3n) is 4.54. The van der Waals surface area contributed by atoms with Gasteiger partial charge < -0.3 is 5.32 Å². The van der Waals surface area contributed by atoms with Crippen molar-refractivity contribution in [3.8, 4) is 10.6 Å². The van der Waals surface area contributed by atoms with Gasteiger partial charge in [-0.1, -0.05) is 41.7 Å². The van der Waals surface area contributed by atoms with Crippen molar-refractivity contribution in [2.75, 3.05) is 11.9 Å². The monoisotopic (exact) mass is 388 g/mol. The van der Waals surface area contributed by atoms with Gasteiger partial charge in [0.05, 0.1) is 0 Å². The molecule has 0 unspecified atom stereocenters. The summed E-state index contributed by atoms with van der Waals surface area (Å²) in [5.41, 5.74) is 2.47. The Labute approximate surface area is 164 Å². The zero-order valence-electron chi connectivity index (χ0n) is 14.4. The molecule has 0 saturated heterocycles. The standard InChI is InChI=1S/C21H16N4S2/c1-2-4-19-18(3-1)17(13-26-19)8-10-23-21-25-24-20(27-21)15-5-6-16-12-22-9-7-14(16)11-15/h1-7,9,11-13H,8,10H2,(H,23,25). The summed E-state index contributed by atoms with van der Waals surface area (Å²) < 4.78 is 1.34. The van der Waals surface area contributed by atoms with Gasteiger partial charge in [-0.2, -0.15) is 0 Å². The number of pyridine rings is 1. The number of nitrogens with one attached hydrogen (secondary N) is 1. The van der Waals surface area contributed by atoms with Gasteiger partial charge in [0.2, 0.25) is 5.13 Å². The van der Waals surface area contributed by atoms with Gasteiger partial charge in [0, 0.05) is 34.6 Å². The molecule has 0 amide bonds. The molecule has 5 rings (SSSR count). The molecule has 3 heterocycles. The largest absolute Gasteiger partial charge is 0.360 e. The Morgan fingerprint density at radius 3 is 2.93 bits per heavy atom. The van der Waals surface area contributed by atoms with Crippen LogP contribution < -0.4 is 5.32 Å². The Balaban J connectivity index is 1.29. The van der Waals surface area contributed by atoms with E-state index in [1.54, 1.807) is 22.7 Å². The van der Waals surface area contributed by atoms with Crippen molar-refractivity contribution in [1.29, 1.82) is 0 Å². The molecular weight excluding hydrogens is 372 g/mol. The molecule has 0 aliphatic heterocycles. The number of nitrogens with zero attached hydrogens (tertiary/aromatic N) is 3. The first-order chi connectivity index (χ1) is 13.4. The van der Waals surface area contributed by atoms with Crippen molar-refractivity contribution in [3.05, 3.63) is 71.9 Å². The number of fused-ring (bicyclic) bond motifs is 2. The van der Waals surface area contributed by atoms with Crippen LogP contribution in [0.1, 0.15) is 5.56 Å². The van der Waals surface area contributed by atoms with Gasteiger partial charge in [-0.15, -0.1) is 21.5 Å². The van der Waals surface area contributed by atoms with E-state index in [1.807, 2.05) is 18.5 Å². The lowest BCUT2D eigenvalue weighted by Gasteiger charge is -2.01. The summed E-state index contributed by atoms with van der Waals surface area (Å²) in [6.07, 6.45) is 4.66. The van der Waals surface area contributed by atoms with Crippen molar-refractivity contribution in [3.63, 3.8) is 0 Å². The highest BCUT2D eigenvalue weighted by atomic mass is 32.1. The first-order valence-corrected chi connectivity index (χ1v) is 10.4. The molecular formula is C21H16N4S2. The van der Waals surface area contributed by atoms with E-state index >= 15 is 0 Å². The Bertz CT molecular complexity index is 1230. The normalized spacial score (nSPS) is 11.3. The number of benzene rings is 2. The van der Waals surface area contributed by atoms with Crippen molar-refractivity contribution >= 4 is 48.7 Å². The van der Waals surface area contributed by atoms with E-state index in [-0.39, 0.29) is 0 Å². The fourth-order valence-corrected chi connectivity index (χ4v) is 4.92. The van der Waals surface area contributed by atoms with Crippen LogP contribution in [-0.2, 0) is 6.42 Å². The molecule has 0 radical (unpaired) electrons.